The molecule has 0 bridgehead atoms. The minimum atomic E-state index is -0.348. The highest BCUT2D eigenvalue weighted by Gasteiger charge is 2.29. The Morgan fingerprint density at radius 1 is 1.15 bits per heavy atom. The van der Waals surface area contributed by atoms with E-state index in [-0.39, 0.29) is 23.8 Å². The smallest absolute Gasteiger partial charge is 0.338 e. The average Bonchev–Trinajstić information content (AvgIpc) is 2.68. The maximum Gasteiger partial charge on any atom is 0.338 e. The Morgan fingerprint density at radius 3 is 2.41 bits per heavy atom. The quantitative estimate of drug-likeness (QED) is 0.522. The van der Waals surface area contributed by atoms with Gasteiger partial charge in [0.2, 0.25) is 0 Å². The zero-order valence-corrected chi connectivity index (χ0v) is 16.1. The third-order valence-corrected chi connectivity index (χ3v) is 4.77. The molecule has 0 spiro atoms. The number of hydrogen-bond donors (Lipinski definition) is 2. The standard InChI is InChI=1S/C20H28N2O5/c1-3-4-13-27-20(25)15-5-7-17(8-6-15)21-18(23)14-22-11-9-16(10-12-22)19(24)26-2/h5-8,16H,3-4,9-14H2,1-2H3,(H,21,23)/p+1. The Hall–Kier alpha value is -2.41. The average molecular weight is 377 g/mol. The summed E-state index contributed by atoms with van der Waals surface area (Å²) in [6, 6.07) is 6.71. The van der Waals surface area contributed by atoms with Gasteiger partial charge in [-0.15, -0.1) is 0 Å². The van der Waals surface area contributed by atoms with Crippen LogP contribution in [0.2, 0.25) is 0 Å². The number of nitrogens with one attached hydrogen (secondary N) is 2. The van der Waals surface area contributed by atoms with Crippen molar-refractivity contribution in [2.24, 2.45) is 5.92 Å². The molecule has 1 fully saturated rings. The fourth-order valence-corrected chi connectivity index (χ4v) is 3.12. The molecule has 0 atom stereocenters. The minimum Gasteiger partial charge on any atom is -0.469 e. The van der Waals surface area contributed by atoms with Crippen molar-refractivity contribution in [3.05, 3.63) is 29.8 Å². The molecule has 1 aromatic rings. The van der Waals surface area contributed by atoms with Gasteiger partial charge < -0.3 is 19.7 Å². The lowest BCUT2D eigenvalue weighted by molar-refractivity contribution is -0.897. The van der Waals surface area contributed by atoms with E-state index in [0.29, 0.717) is 24.4 Å². The fraction of sp³-hybridized carbons (Fsp3) is 0.550. The Kier molecular flexibility index (Phi) is 8.26. The molecule has 1 saturated heterocycles. The van der Waals surface area contributed by atoms with Gasteiger partial charge in [-0.1, -0.05) is 13.3 Å². The van der Waals surface area contributed by atoms with E-state index in [1.807, 2.05) is 6.92 Å². The van der Waals surface area contributed by atoms with Crippen molar-refractivity contribution in [1.82, 2.24) is 0 Å². The van der Waals surface area contributed by atoms with Crippen LogP contribution < -0.4 is 10.2 Å². The van der Waals surface area contributed by atoms with Crippen molar-refractivity contribution < 1.29 is 28.8 Å². The summed E-state index contributed by atoms with van der Waals surface area (Å²) >= 11 is 0. The van der Waals surface area contributed by atoms with E-state index in [0.717, 1.165) is 43.7 Å². The van der Waals surface area contributed by atoms with Crippen molar-refractivity contribution in [2.75, 3.05) is 38.7 Å². The molecule has 0 unspecified atom stereocenters. The molecule has 7 heteroatoms. The molecule has 148 valence electrons. The molecule has 1 aliphatic rings. The molecule has 0 aliphatic carbocycles. The number of piperidine rings is 1. The first-order valence-electron chi connectivity index (χ1n) is 9.52. The van der Waals surface area contributed by atoms with Crippen molar-refractivity contribution in [3.8, 4) is 0 Å². The Morgan fingerprint density at radius 2 is 1.81 bits per heavy atom. The molecule has 0 saturated carbocycles. The number of carbonyl (C=O) groups is 3. The van der Waals surface area contributed by atoms with Crippen molar-refractivity contribution in [2.45, 2.75) is 32.6 Å². The highest BCUT2D eigenvalue weighted by Crippen LogP contribution is 2.12. The predicted molar refractivity (Wildman–Crippen MR) is 101 cm³/mol. The summed E-state index contributed by atoms with van der Waals surface area (Å²) < 4.78 is 9.94. The van der Waals surface area contributed by atoms with E-state index < -0.39 is 0 Å². The lowest BCUT2D eigenvalue weighted by Gasteiger charge is -2.27. The number of rotatable bonds is 8. The molecule has 1 aliphatic heterocycles. The summed E-state index contributed by atoms with van der Waals surface area (Å²) in [7, 11) is 1.41. The van der Waals surface area contributed by atoms with Gasteiger partial charge in [0.1, 0.15) is 0 Å². The predicted octanol–water partition coefficient (Wildman–Crippen LogP) is 1.05. The number of methoxy groups -OCH3 is 1. The van der Waals surface area contributed by atoms with Crippen LogP contribution in [0.25, 0.3) is 0 Å². The third-order valence-electron chi connectivity index (χ3n) is 4.77. The maximum absolute atomic E-state index is 12.2. The van der Waals surface area contributed by atoms with Gasteiger partial charge in [-0.3, -0.25) is 9.59 Å². The summed E-state index contributed by atoms with van der Waals surface area (Å²) in [5.74, 6) is -0.641. The van der Waals surface area contributed by atoms with Gasteiger partial charge in [-0.05, 0) is 30.7 Å². The Balaban J connectivity index is 1.76. The van der Waals surface area contributed by atoms with Crippen LogP contribution >= 0.6 is 0 Å². The first-order chi connectivity index (χ1) is 13.0. The topological polar surface area (TPSA) is 86.1 Å². The second kappa shape index (κ2) is 10.7. The van der Waals surface area contributed by atoms with Gasteiger partial charge in [0.15, 0.2) is 6.54 Å². The molecule has 2 rings (SSSR count). The van der Waals surface area contributed by atoms with E-state index in [2.05, 4.69) is 5.32 Å². The molecule has 2 N–H and O–H groups in total. The third kappa shape index (κ3) is 6.67. The van der Waals surface area contributed by atoms with Crippen molar-refractivity contribution in [3.63, 3.8) is 0 Å². The normalized spacial score (nSPS) is 19.2. The highest BCUT2D eigenvalue weighted by molar-refractivity contribution is 5.93. The minimum absolute atomic E-state index is 0.0496. The SMILES string of the molecule is CCCCOC(=O)c1ccc(NC(=O)C[NH+]2CCC(C(=O)OC)CC2)cc1. The first-order valence-corrected chi connectivity index (χ1v) is 9.52. The van der Waals surface area contributed by atoms with Gasteiger partial charge in [-0.25, -0.2) is 4.79 Å². The van der Waals surface area contributed by atoms with Crippen LogP contribution in [0.1, 0.15) is 43.0 Å². The van der Waals surface area contributed by atoms with Gasteiger partial charge in [0.25, 0.3) is 5.91 Å². The molecular formula is C20H29N2O5+. The zero-order valence-electron chi connectivity index (χ0n) is 16.1. The lowest BCUT2D eigenvalue weighted by Crippen LogP contribution is -3.14. The molecule has 27 heavy (non-hydrogen) atoms. The van der Waals surface area contributed by atoms with E-state index in [1.54, 1.807) is 24.3 Å². The number of anilines is 1. The monoisotopic (exact) mass is 377 g/mol. The summed E-state index contributed by atoms with van der Waals surface area (Å²) in [6.45, 7) is 4.36. The number of hydrogen-bond acceptors (Lipinski definition) is 5. The van der Waals surface area contributed by atoms with Gasteiger partial charge >= 0.3 is 11.9 Å². The summed E-state index contributed by atoms with van der Waals surface area (Å²) in [6.07, 6.45) is 3.30. The summed E-state index contributed by atoms with van der Waals surface area (Å²) in [5, 5.41) is 2.85. The van der Waals surface area contributed by atoms with Gasteiger partial charge in [-0.2, -0.15) is 0 Å². The van der Waals surface area contributed by atoms with Crippen LogP contribution in [0, 0.1) is 5.92 Å². The largest absolute Gasteiger partial charge is 0.469 e. The molecule has 0 radical (unpaired) electrons. The van der Waals surface area contributed by atoms with E-state index in [1.165, 1.54) is 7.11 Å². The van der Waals surface area contributed by atoms with E-state index >= 15 is 0 Å². The van der Waals surface area contributed by atoms with Gasteiger partial charge in [0, 0.05) is 18.5 Å². The number of likely N-dealkylation sites (tertiary alicyclic amines) is 1. The Labute approximate surface area is 160 Å². The fourth-order valence-electron chi connectivity index (χ4n) is 3.12. The summed E-state index contributed by atoms with van der Waals surface area (Å²) in [4.78, 5) is 36.8. The molecular weight excluding hydrogens is 348 g/mol. The highest BCUT2D eigenvalue weighted by atomic mass is 16.5. The van der Waals surface area contributed by atoms with Crippen LogP contribution in [0.5, 0.6) is 0 Å². The molecule has 1 amide bonds. The lowest BCUT2D eigenvalue weighted by atomic mass is 9.97. The van der Waals surface area contributed by atoms with E-state index in [4.69, 9.17) is 9.47 Å². The summed E-state index contributed by atoms with van der Waals surface area (Å²) in [5.41, 5.74) is 1.12. The molecule has 1 aromatic carbocycles. The number of amides is 1. The molecule has 7 nitrogen and oxygen atoms in total. The van der Waals surface area contributed by atoms with Crippen molar-refractivity contribution >= 4 is 23.5 Å². The molecule has 0 aromatic heterocycles. The number of carbonyl (C=O) groups excluding carboxylic acids is 3. The van der Waals surface area contributed by atoms with Gasteiger partial charge in [0.05, 0.1) is 38.3 Å². The van der Waals surface area contributed by atoms with E-state index in [9.17, 15) is 14.4 Å². The van der Waals surface area contributed by atoms with Crippen LogP contribution in [-0.4, -0.2) is 51.2 Å². The second-order valence-corrected chi connectivity index (χ2v) is 6.84. The number of unbranched alkanes of at least 4 members (excludes halogenated alkanes) is 1. The number of ether oxygens (including phenoxy) is 2. The number of benzene rings is 1. The second-order valence-electron chi connectivity index (χ2n) is 6.84. The number of quaternary nitrogens is 1. The molecule has 1 heterocycles. The first kappa shape index (κ1) is 20.9. The van der Waals surface area contributed by atoms with Crippen LogP contribution in [0.4, 0.5) is 5.69 Å². The number of esters is 2. The van der Waals surface area contributed by atoms with Crippen LogP contribution in [-0.2, 0) is 19.1 Å². The maximum atomic E-state index is 12.2. The van der Waals surface area contributed by atoms with Crippen molar-refractivity contribution in [1.29, 1.82) is 0 Å². The van der Waals surface area contributed by atoms with Crippen LogP contribution in [0.3, 0.4) is 0 Å². The zero-order chi connectivity index (χ0) is 19.6. The van der Waals surface area contributed by atoms with Crippen LogP contribution in [0.15, 0.2) is 24.3 Å². The Bertz CT molecular complexity index is 636.